The highest BCUT2D eigenvalue weighted by Gasteiger charge is 1.87. The molecule has 0 atom stereocenters. The van der Waals surface area contributed by atoms with E-state index in [4.69, 9.17) is 5.73 Å². The van der Waals surface area contributed by atoms with Crippen molar-refractivity contribution >= 4 is 0 Å². The number of allylic oxidation sites excluding steroid dienone is 3. The molecule has 0 aromatic rings. The number of ether oxygens (including phenoxy) is 1. The normalized spacial score (nSPS) is 13.7. The summed E-state index contributed by atoms with van der Waals surface area (Å²) in [5, 5.41) is 0. The van der Waals surface area contributed by atoms with Crippen molar-refractivity contribution < 1.29 is 9.13 Å². The zero-order chi connectivity index (χ0) is 7.28. The van der Waals surface area contributed by atoms with E-state index in [0.29, 0.717) is 5.76 Å². The monoisotopic (exact) mass is 131 g/mol. The Kier molecular flexibility index (Phi) is 3.51. The first-order valence-corrected chi connectivity index (χ1v) is 2.50. The van der Waals surface area contributed by atoms with Crippen molar-refractivity contribution in [3.63, 3.8) is 0 Å². The van der Waals surface area contributed by atoms with E-state index in [2.05, 4.69) is 4.74 Å². The number of rotatable bonds is 2. The maximum Gasteiger partial charge on any atom is 0.141 e. The summed E-state index contributed by atoms with van der Waals surface area (Å²) < 4.78 is 16.8. The Morgan fingerprint density at radius 1 is 1.67 bits per heavy atom. The van der Waals surface area contributed by atoms with E-state index >= 15 is 0 Å². The third-order valence-electron chi connectivity index (χ3n) is 0.822. The lowest BCUT2D eigenvalue weighted by molar-refractivity contribution is 0.292. The second kappa shape index (κ2) is 3.95. The van der Waals surface area contributed by atoms with Gasteiger partial charge in [-0.2, -0.15) is 0 Å². The summed E-state index contributed by atoms with van der Waals surface area (Å²) in [7, 11) is 1.47. The van der Waals surface area contributed by atoms with Crippen molar-refractivity contribution in [2.24, 2.45) is 5.73 Å². The Bertz CT molecular complexity index is 140. The lowest BCUT2D eigenvalue weighted by Gasteiger charge is -1.94. The van der Waals surface area contributed by atoms with Gasteiger partial charge in [0.2, 0.25) is 0 Å². The molecule has 52 valence electrons. The minimum atomic E-state index is -0.491. The lowest BCUT2D eigenvalue weighted by Crippen LogP contribution is -1.83. The van der Waals surface area contributed by atoms with Crippen LogP contribution in [-0.4, -0.2) is 7.11 Å². The van der Waals surface area contributed by atoms with Crippen LogP contribution in [0.1, 0.15) is 6.92 Å². The van der Waals surface area contributed by atoms with Crippen LogP contribution in [0.25, 0.3) is 0 Å². The SMILES string of the molecule is COC(C)=C/C(F)=C/N. The molecule has 0 aliphatic carbocycles. The number of hydrogen-bond donors (Lipinski definition) is 1. The molecule has 0 radical (unpaired) electrons. The van der Waals surface area contributed by atoms with E-state index in [0.717, 1.165) is 6.20 Å². The molecular formula is C6H10FNO. The molecular weight excluding hydrogens is 121 g/mol. The summed E-state index contributed by atoms with van der Waals surface area (Å²) in [5.74, 6) is 0.00329. The molecule has 0 aromatic heterocycles. The quantitative estimate of drug-likeness (QED) is 0.453. The van der Waals surface area contributed by atoms with Crippen LogP contribution in [0.3, 0.4) is 0 Å². The minimum absolute atomic E-state index is 0.491. The molecule has 0 bridgehead atoms. The summed E-state index contributed by atoms with van der Waals surface area (Å²) in [6, 6.07) is 0. The Morgan fingerprint density at radius 3 is 2.56 bits per heavy atom. The largest absolute Gasteiger partial charge is 0.501 e. The molecule has 9 heavy (non-hydrogen) atoms. The van der Waals surface area contributed by atoms with Gasteiger partial charge in [-0.05, 0) is 6.92 Å². The predicted octanol–water partition coefficient (Wildman–Crippen LogP) is 1.31. The van der Waals surface area contributed by atoms with Crippen LogP contribution in [0.4, 0.5) is 4.39 Å². The van der Waals surface area contributed by atoms with Crippen LogP contribution in [0.15, 0.2) is 23.9 Å². The Balaban J connectivity index is 3.95. The second-order valence-electron chi connectivity index (χ2n) is 1.51. The molecule has 0 aliphatic rings. The zero-order valence-electron chi connectivity index (χ0n) is 5.52. The second-order valence-corrected chi connectivity index (χ2v) is 1.51. The van der Waals surface area contributed by atoms with Gasteiger partial charge in [0.1, 0.15) is 5.83 Å². The number of halogens is 1. The molecule has 0 saturated carbocycles. The Hall–Kier alpha value is -0.990. The van der Waals surface area contributed by atoms with Crippen molar-refractivity contribution in [2.45, 2.75) is 6.92 Å². The molecule has 0 saturated heterocycles. The highest BCUT2D eigenvalue weighted by Crippen LogP contribution is 2.01. The molecule has 3 heteroatoms. The molecule has 2 N–H and O–H groups in total. The lowest BCUT2D eigenvalue weighted by atomic mass is 10.4. The van der Waals surface area contributed by atoms with Crippen molar-refractivity contribution in [2.75, 3.05) is 7.11 Å². The number of hydrogen-bond acceptors (Lipinski definition) is 2. The molecule has 0 aromatic carbocycles. The van der Waals surface area contributed by atoms with E-state index in [1.54, 1.807) is 6.92 Å². The van der Waals surface area contributed by atoms with Crippen molar-refractivity contribution in [1.29, 1.82) is 0 Å². The molecule has 0 rings (SSSR count). The van der Waals surface area contributed by atoms with Gasteiger partial charge in [0.05, 0.1) is 12.9 Å². The third-order valence-corrected chi connectivity index (χ3v) is 0.822. The Labute approximate surface area is 53.8 Å². The summed E-state index contributed by atoms with van der Waals surface area (Å²) >= 11 is 0. The number of methoxy groups -OCH3 is 1. The maximum atomic E-state index is 12.1. The Morgan fingerprint density at radius 2 is 2.22 bits per heavy atom. The first-order chi connectivity index (χ1) is 4.20. The molecule has 2 nitrogen and oxygen atoms in total. The topological polar surface area (TPSA) is 35.2 Å². The average molecular weight is 131 g/mol. The first kappa shape index (κ1) is 8.01. The molecule has 0 aliphatic heterocycles. The third kappa shape index (κ3) is 3.58. The highest BCUT2D eigenvalue weighted by molar-refractivity contribution is 5.11. The van der Waals surface area contributed by atoms with Crippen LogP contribution >= 0.6 is 0 Å². The van der Waals surface area contributed by atoms with Gasteiger partial charge in [-0.3, -0.25) is 0 Å². The molecule has 0 spiro atoms. The van der Waals surface area contributed by atoms with Crippen LogP contribution in [0.2, 0.25) is 0 Å². The molecule has 0 heterocycles. The van der Waals surface area contributed by atoms with Crippen molar-refractivity contribution in [3.8, 4) is 0 Å². The van der Waals surface area contributed by atoms with Crippen LogP contribution in [0.5, 0.6) is 0 Å². The molecule has 0 fully saturated rings. The fourth-order valence-corrected chi connectivity index (χ4v) is 0.301. The predicted molar refractivity (Wildman–Crippen MR) is 34.1 cm³/mol. The van der Waals surface area contributed by atoms with E-state index in [9.17, 15) is 4.39 Å². The van der Waals surface area contributed by atoms with Gasteiger partial charge in [-0.25, -0.2) is 4.39 Å². The fourth-order valence-electron chi connectivity index (χ4n) is 0.301. The fraction of sp³-hybridized carbons (Fsp3) is 0.333. The van der Waals surface area contributed by atoms with Crippen molar-refractivity contribution in [3.05, 3.63) is 23.9 Å². The van der Waals surface area contributed by atoms with Gasteiger partial charge in [-0.1, -0.05) is 0 Å². The minimum Gasteiger partial charge on any atom is -0.501 e. The first-order valence-electron chi connectivity index (χ1n) is 2.50. The molecule has 0 unspecified atom stereocenters. The van der Waals surface area contributed by atoms with E-state index in [-0.39, 0.29) is 0 Å². The zero-order valence-corrected chi connectivity index (χ0v) is 5.52. The van der Waals surface area contributed by atoms with Gasteiger partial charge in [-0.15, -0.1) is 0 Å². The summed E-state index contributed by atoms with van der Waals surface area (Å²) in [4.78, 5) is 0. The van der Waals surface area contributed by atoms with Gasteiger partial charge < -0.3 is 10.5 Å². The van der Waals surface area contributed by atoms with Gasteiger partial charge in [0.15, 0.2) is 0 Å². The van der Waals surface area contributed by atoms with Gasteiger partial charge in [0, 0.05) is 12.3 Å². The number of nitrogens with two attached hydrogens (primary N) is 1. The summed E-state index contributed by atoms with van der Waals surface area (Å²) in [6.07, 6.45) is 2.09. The summed E-state index contributed by atoms with van der Waals surface area (Å²) in [6.45, 7) is 1.64. The van der Waals surface area contributed by atoms with Crippen LogP contribution < -0.4 is 5.73 Å². The van der Waals surface area contributed by atoms with Crippen LogP contribution in [-0.2, 0) is 4.74 Å². The van der Waals surface area contributed by atoms with Gasteiger partial charge >= 0.3 is 0 Å². The standard InChI is InChI=1S/C6H10FNO/c1-5(9-2)3-6(7)4-8/h3-4H,8H2,1-2H3/b5-3?,6-4-. The van der Waals surface area contributed by atoms with E-state index in [1.165, 1.54) is 13.2 Å². The maximum absolute atomic E-state index is 12.1. The van der Waals surface area contributed by atoms with E-state index in [1.807, 2.05) is 0 Å². The average Bonchev–Trinajstić information content (AvgIpc) is 1.87. The smallest absolute Gasteiger partial charge is 0.141 e. The summed E-state index contributed by atoms with van der Waals surface area (Å²) in [5.41, 5.74) is 4.84. The van der Waals surface area contributed by atoms with Gasteiger partial charge in [0.25, 0.3) is 0 Å². The van der Waals surface area contributed by atoms with Crippen LogP contribution in [0, 0.1) is 0 Å². The molecule has 0 amide bonds. The van der Waals surface area contributed by atoms with Crippen molar-refractivity contribution in [1.82, 2.24) is 0 Å². The highest BCUT2D eigenvalue weighted by atomic mass is 19.1. The van der Waals surface area contributed by atoms with E-state index < -0.39 is 5.83 Å².